The van der Waals surface area contributed by atoms with Crippen molar-refractivity contribution in [1.29, 1.82) is 0 Å². The molecule has 0 aliphatic carbocycles. The van der Waals surface area contributed by atoms with Crippen LogP contribution in [-0.4, -0.2) is 36.3 Å². The van der Waals surface area contributed by atoms with Crippen LogP contribution in [0.2, 0.25) is 0 Å². The van der Waals surface area contributed by atoms with Crippen LogP contribution in [-0.2, 0) is 0 Å². The van der Waals surface area contributed by atoms with Gasteiger partial charge in [0.2, 0.25) is 0 Å². The Bertz CT molecular complexity index is 1320. The van der Waals surface area contributed by atoms with Crippen LogP contribution in [0, 0.1) is 11.6 Å². The fourth-order valence-corrected chi connectivity index (χ4v) is 3.92. The molecule has 4 rings (SSSR count). The lowest BCUT2D eigenvalue weighted by Gasteiger charge is -2.24. The van der Waals surface area contributed by atoms with Crippen LogP contribution in [0.4, 0.5) is 14.5 Å². The average molecular weight is 531 g/mol. The van der Waals surface area contributed by atoms with Gasteiger partial charge in [-0.25, -0.2) is 8.78 Å². The molecule has 0 fully saturated rings. The van der Waals surface area contributed by atoms with Crippen molar-refractivity contribution < 1.29 is 18.3 Å². The van der Waals surface area contributed by atoms with Gasteiger partial charge in [-0.1, -0.05) is 48.6 Å². The maximum Gasteiger partial charge on any atom is 0.174 e. The first-order valence-electron chi connectivity index (χ1n) is 12.2. The van der Waals surface area contributed by atoms with Crippen molar-refractivity contribution in [3.05, 3.63) is 127 Å². The van der Waals surface area contributed by atoms with Gasteiger partial charge < -0.3 is 19.7 Å². The van der Waals surface area contributed by atoms with E-state index in [4.69, 9.17) is 21.7 Å². The SMILES string of the molecule is Fc1ccc(OC/C=C/CN(C/C=C/COc2ccc(F)cc2)C(=S)Nc2cccc3ccccc23)cc1. The van der Waals surface area contributed by atoms with Gasteiger partial charge in [-0.3, -0.25) is 0 Å². The standard InChI is InChI=1S/C31H28F2N2O2S/c32-25-12-16-27(17-13-25)36-22-5-3-20-35(21-4-6-23-37-28-18-14-26(33)15-19-28)31(38)34-30-11-7-9-24-8-1-2-10-29(24)30/h1-19H,20-23H2,(H,34,38)/b5-3+,6-4+. The third-order valence-electron chi connectivity index (χ3n) is 5.62. The minimum Gasteiger partial charge on any atom is -0.490 e. The minimum atomic E-state index is -0.299. The van der Waals surface area contributed by atoms with E-state index in [2.05, 4.69) is 23.5 Å². The summed E-state index contributed by atoms with van der Waals surface area (Å²) in [5.41, 5.74) is 0.936. The molecular weight excluding hydrogens is 502 g/mol. The number of benzene rings is 4. The molecule has 7 heteroatoms. The average Bonchev–Trinajstić information content (AvgIpc) is 2.93. The zero-order valence-electron chi connectivity index (χ0n) is 20.7. The normalized spacial score (nSPS) is 11.2. The van der Waals surface area contributed by atoms with Gasteiger partial charge in [-0.05, 0) is 84.4 Å². The van der Waals surface area contributed by atoms with Crippen LogP contribution in [0.1, 0.15) is 0 Å². The Kier molecular flexibility index (Phi) is 9.82. The van der Waals surface area contributed by atoms with E-state index in [0.29, 0.717) is 42.9 Å². The second-order valence-corrected chi connectivity index (χ2v) is 8.72. The molecule has 0 radical (unpaired) electrons. The number of thiocarbonyl (C=S) groups is 1. The highest BCUT2D eigenvalue weighted by Crippen LogP contribution is 2.23. The van der Waals surface area contributed by atoms with E-state index < -0.39 is 0 Å². The lowest BCUT2D eigenvalue weighted by atomic mass is 10.1. The predicted molar refractivity (Wildman–Crippen MR) is 154 cm³/mol. The van der Waals surface area contributed by atoms with Crippen molar-refractivity contribution in [2.75, 3.05) is 31.6 Å². The molecule has 194 valence electrons. The quantitative estimate of drug-likeness (QED) is 0.162. The molecule has 1 N–H and O–H groups in total. The number of rotatable bonds is 11. The summed E-state index contributed by atoms with van der Waals surface area (Å²) in [5, 5.41) is 6.18. The van der Waals surface area contributed by atoms with E-state index in [1.165, 1.54) is 24.3 Å². The smallest absolute Gasteiger partial charge is 0.174 e. The Morgan fingerprint density at radius 1 is 0.684 bits per heavy atom. The van der Waals surface area contributed by atoms with Crippen LogP contribution < -0.4 is 14.8 Å². The molecule has 4 nitrogen and oxygen atoms in total. The highest BCUT2D eigenvalue weighted by molar-refractivity contribution is 7.80. The zero-order valence-corrected chi connectivity index (χ0v) is 21.5. The Morgan fingerprint density at radius 3 is 1.79 bits per heavy atom. The van der Waals surface area contributed by atoms with Crippen molar-refractivity contribution in [2.45, 2.75) is 0 Å². The number of ether oxygens (including phenoxy) is 2. The molecular formula is C31H28F2N2O2S. The summed E-state index contributed by atoms with van der Waals surface area (Å²) in [6.07, 6.45) is 7.75. The summed E-state index contributed by atoms with van der Waals surface area (Å²) in [6, 6.07) is 26.0. The van der Waals surface area contributed by atoms with E-state index >= 15 is 0 Å². The number of hydrogen-bond acceptors (Lipinski definition) is 3. The summed E-state index contributed by atoms with van der Waals surface area (Å²) in [7, 11) is 0. The van der Waals surface area contributed by atoms with E-state index in [1.807, 2.05) is 53.5 Å². The fraction of sp³-hybridized carbons (Fsp3) is 0.129. The Balaban J connectivity index is 1.36. The topological polar surface area (TPSA) is 33.7 Å². The first-order valence-corrected chi connectivity index (χ1v) is 12.6. The second-order valence-electron chi connectivity index (χ2n) is 8.33. The van der Waals surface area contributed by atoms with E-state index in [9.17, 15) is 8.78 Å². The molecule has 0 aromatic heterocycles. The summed E-state index contributed by atoms with van der Waals surface area (Å²) in [4.78, 5) is 2.01. The highest BCUT2D eigenvalue weighted by atomic mass is 32.1. The molecule has 0 unspecified atom stereocenters. The van der Waals surface area contributed by atoms with E-state index in [0.717, 1.165) is 16.5 Å². The molecule has 0 aliphatic heterocycles. The molecule has 0 saturated carbocycles. The zero-order chi connectivity index (χ0) is 26.6. The van der Waals surface area contributed by atoms with Crippen molar-refractivity contribution in [3.63, 3.8) is 0 Å². The van der Waals surface area contributed by atoms with E-state index in [1.54, 1.807) is 24.3 Å². The summed E-state index contributed by atoms with van der Waals surface area (Å²) < 4.78 is 37.4. The number of halogens is 2. The van der Waals surface area contributed by atoms with Crippen LogP contribution in [0.3, 0.4) is 0 Å². The Hall–Kier alpha value is -4.23. The highest BCUT2D eigenvalue weighted by Gasteiger charge is 2.09. The molecule has 4 aromatic carbocycles. The van der Waals surface area contributed by atoms with Crippen LogP contribution >= 0.6 is 12.2 Å². The molecule has 0 aliphatic rings. The maximum atomic E-state index is 13.1. The van der Waals surface area contributed by atoms with E-state index in [-0.39, 0.29) is 11.6 Å². The number of hydrogen-bond donors (Lipinski definition) is 1. The molecule has 0 saturated heterocycles. The van der Waals surface area contributed by atoms with Crippen LogP contribution in [0.5, 0.6) is 11.5 Å². The summed E-state index contributed by atoms with van der Waals surface area (Å²) in [5.74, 6) is 0.606. The minimum absolute atomic E-state index is 0.299. The first-order chi connectivity index (χ1) is 18.6. The van der Waals surface area contributed by atoms with Gasteiger partial charge >= 0.3 is 0 Å². The lowest BCUT2D eigenvalue weighted by Crippen LogP contribution is -2.35. The third-order valence-corrected chi connectivity index (χ3v) is 5.98. The van der Waals surface area contributed by atoms with Crippen molar-refractivity contribution in [3.8, 4) is 11.5 Å². The molecule has 4 aromatic rings. The Labute approximate surface area is 226 Å². The number of fused-ring (bicyclic) bond motifs is 1. The number of nitrogens with one attached hydrogen (secondary N) is 1. The summed E-state index contributed by atoms with van der Waals surface area (Å²) in [6.45, 7) is 1.80. The van der Waals surface area contributed by atoms with Gasteiger partial charge in [0, 0.05) is 24.2 Å². The molecule has 0 amide bonds. The van der Waals surface area contributed by atoms with Crippen LogP contribution in [0.15, 0.2) is 115 Å². The first kappa shape index (κ1) is 26.8. The monoisotopic (exact) mass is 530 g/mol. The maximum absolute atomic E-state index is 13.1. The molecule has 0 spiro atoms. The van der Waals surface area contributed by atoms with Crippen molar-refractivity contribution in [1.82, 2.24) is 4.90 Å². The number of nitrogens with zero attached hydrogens (tertiary/aromatic N) is 1. The molecule has 38 heavy (non-hydrogen) atoms. The molecule has 0 heterocycles. The van der Waals surface area contributed by atoms with Crippen LogP contribution in [0.25, 0.3) is 10.8 Å². The predicted octanol–water partition coefficient (Wildman–Crippen LogP) is 7.39. The summed E-state index contributed by atoms with van der Waals surface area (Å²) >= 11 is 5.77. The molecule has 0 bridgehead atoms. The number of anilines is 1. The molecule has 0 atom stereocenters. The van der Waals surface area contributed by atoms with Gasteiger partial charge in [0.15, 0.2) is 5.11 Å². The fourth-order valence-electron chi connectivity index (χ4n) is 3.66. The van der Waals surface area contributed by atoms with Gasteiger partial charge in [0.05, 0.1) is 0 Å². The largest absolute Gasteiger partial charge is 0.490 e. The van der Waals surface area contributed by atoms with Gasteiger partial charge in [-0.2, -0.15) is 0 Å². The van der Waals surface area contributed by atoms with Crippen molar-refractivity contribution >= 4 is 33.8 Å². The third kappa shape index (κ3) is 8.15. The van der Waals surface area contributed by atoms with Crippen molar-refractivity contribution in [2.24, 2.45) is 0 Å². The van der Waals surface area contributed by atoms with Gasteiger partial charge in [0.1, 0.15) is 36.3 Å². The second kappa shape index (κ2) is 13.9. The Morgan fingerprint density at radius 2 is 1.21 bits per heavy atom. The van der Waals surface area contributed by atoms with Gasteiger partial charge in [-0.15, -0.1) is 0 Å². The lowest BCUT2D eigenvalue weighted by molar-refractivity contribution is 0.360. The van der Waals surface area contributed by atoms with Gasteiger partial charge in [0.25, 0.3) is 0 Å².